The van der Waals surface area contributed by atoms with E-state index in [2.05, 4.69) is 25.7 Å². The van der Waals surface area contributed by atoms with Gasteiger partial charge in [-0.3, -0.25) is 5.32 Å². The van der Waals surface area contributed by atoms with Crippen molar-refractivity contribution in [2.45, 2.75) is 46.8 Å². The molecule has 0 saturated carbocycles. The van der Waals surface area contributed by atoms with Gasteiger partial charge in [0.1, 0.15) is 22.4 Å². The van der Waals surface area contributed by atoms with Gasteiger partial charge in [0.15, 0.2) is 5.82 Å². The molecule has 0 atom stereocenters. The highest BCUT2D eigenvalue weighted by molar-refractivity contribution is 5.89. The number of carbonyl (C=O) groups excluding carboxylic acids is 1. The van der Waals surface area contributed by atoms with E-state index in [1.807, 2.05) is 71.0 Å². The maximum absolute atomic E-state index is 12.1. The molecule has 188 valence electrons. The summed E-state index contributed by atoms with van der Waals surface area (Å²) in [7, 11) is 1.64. The number of fused-ring (bicyclic) bond motifs is 1. The van der Waals surface area contributed by atoms with E-state index in [1.165, 1.54) is 0 Å². The number of carbonyl (C=O) groups is 1. The highest BCUT2D eigenvalue weighted by atomic mass is 16.6. The quantitative estimate of drug-likeness (QED) is 0.346. The molecule has 36 heavy (non-hydrogen) atoms. The Kier molecular flexibility index (Phi) is 6.69. The van der Waals surface area contributed by atoms with Gasteiger partial charge in [0.2, 0.25) is 5.95 Å². The summed E-state index contributed by atoms with van der Waals surface area (Å²) in [5.41, 5.74) is 11.2. The van der Waals surface area contributed by atoms with Gasteiger partial charge in [-0.2, -0.15) is 10.1 Å². The number of rotatable bonds is 6. The van der Waals surface area contributed by atoms with Crippen molar-refractivity contribution < 1.29 is 14.3 Å². The molecule has 2 aromatic carbocycles. The molecule has 0 spiro atoms. The van der Waals surface area contributed by atoms with Gasteiger partial charge in [-0.1, -0.05) is 12.1 Å². The molecule has 0 radical (unpaired) electrons. The molecule has 0 fully saturated rings. The van der Waals surface area contributed by atoms with Gasteiger partial charge in [-0.05, 0) is 76.1 Å². The van der Waals surface area contributed by atoms with Gasteiger partial charge in [0, 0.05) is 12.2 Å². The largest absolute Gasteiger partial charge is 0.497 e. The molecule has 10 heteroatoms. The predicted octanol–water partition coefficient (Wildman–Crippen LogP) is 4.98. The molecule has 0 bridgehead atoms. The fourth-order valence-corrected chi connectivity index (χ4v) is 3.75. The van der Waals surface area contributed by atoms with Crippen molar-refractivity contribution in [1.29, 1.82) is 0 Å². The van der Waals surface area contributed by atoms with Crippen molar-refractivity contribution in [1.82, 2.24) is 19.7 Å². The number of benzene rings is 2. The zero-order chi connectivity index (χ0) is 26.0. The molecule has 4 N–H and O–H groups in total. The number of nitrogen functional groups attached to an aromatic ring is 1. The van der Waals surface area contributed by atoms with Crippen LogP contribution in [0.15, 0.2) is 42.5 Å². The Hall–Kier alpha value is -4.34. The molecule has 0 aliphatic rings. The fraction of sp³-hybridized carbons (Fsp3) is 0.308. The molecule has 10 nitrogen and oxygen atoms in total. The van der Waals surface area contributed by atoms with Gasteiger partial charge in [-0.15, -0.1) is 0 Å². The number of nitrogens with one attached hydrogen (secondary N) is 2. The van der Waals surface area contributed by atoms with Crippen LogP contribution in [0.1, 0.15) is 37.6 Å². The molecule has 0 aliphatic carbocycles. The Morgan fingerprint density at radius 2 is 1.81 bits per heavy atom. The normalized spacial score (nSPS) is 11.4. The number of hydrogen-bond donors (Lipinski definition) is 3. The summed E-state index contributed by atoms with van der Waals surface area (Å²) in [5.74, 6) is 1.54. The standard InChI is InChI=1S/C26H31N7O3/c1-15-13-18(29-25(34)36-26(3,4)5)9-12-20(15)33-22-21(16(2)32-33)30-24(31-23(22)27)28-14-17-7-10-19(35-6)11-8-17/h7-13H,14H2,1-6H3,(H,29,34)(H3,27,28,30,31). The Morgan fingerprint density at radius 3 is 2.44 bits per heavy atom. The lowest BCUT2D eigenvalue weighted by molar-refractivity contribution is 0.0636. The summed E-state index contributed by atoms with van der Waals surface area (Å²) >= 11 is 0. The van der Waals surface area contributed by atoms with Crippen molar-refractivity contribution in [3.63, 3.8) is 0 Å². The van der Waals surface area contributed by atoms with Crippen LogP contribution < -0.4 is 21.1 Å². The number of methoxy groups -OCH3 is 1. The third kappa shape index (κ3) is 5.48. The van der Waals surface area contributed by atoms with E-state index < -0.39 is 11.7 Å². The molecule has 0 aliphatic heterocycles. The summed E-state index contributed by atoms with van der Waals surface area (Å²) in [4.78, 5) is 21.3. The summed E-state index contributed by atoms with van der Waals surface area (Å²) in [6, 6.07) is 13.3. The maximum atomic E-state index is 12.1. The molecule has 2 aromatic heterocycles. The SMILES string of the molecule is COc1ccc(CNc2nc(N)c3c(n2)c(C)nn3-c2ccc(NC(=O)OC(C)(C)C)cc2C)cc1. The second-order valence-electron chi connectivity index (χ2n) is 9.46. The van der Waals surface area contributed by atoms with Gasteiger partial charge < -0.3 is 20.5 Å². The number of ether oxygens (including phenoxy) is 2. The summed E-state index contributed by atoms with van der Waals surface area (Å²) in [6.07, 6.45) is -0.512. The first-order valence-electron chi connectivity index (χ1n) is 11.5. The molecule has 4 aromatic rings. The minimum atomic E-state index is -0.579. The molecule has 1 amide bonds. The lowest BCUT2D eigenvalue weighted by atomic mass is 10.1. The topological polar surface area (TPSA) is 129 Å². The molecule has 4 rings (SSSR count). The molecule has 0 unspecified atom stereocenters. The Bertz CT molecular complexity index is 1410. The van der Waals surface area contributed by atoms with Crippen molar-refractivity contribution in [2.24, 2.45) is 0 Å². The molecule has 2 heterocycles. The lowest BCUT2D eigenvalue weighted by Gasteiger charge is -2.20. The van der Waals surface area contributed by atoms with Crippen LogP contribution in [-0.2, 0) is 11.3 Å². The van der Waals surface area contributed by atoms with Gasteiger partial charge >= 0.3 is 6.09 Å². The Morgan fingerprint density at radius 1 is 1.08 bits per heavy atom. The van der Waals surface area contributed by atoms with Crippen molar-refractivity contribution in [3.05, 3.63) is 59.3 Å². The first-order chi connectivity index (χ1) is 17.0. The van der Waals surface area contributed by atoms with E-state index in [0.29, 0.717) is 35.0 Å². The van der Waals surface area contributed by atoms with E-state index in [9.17, 15) is 4.79 Å². The summed E-state index contributed by atoms with van der Waals surface area (Å²) in [6.45, 7) is 9.80. The number of hydrogen-bond acceptors (Lipinski definition) is 8. The van der Waals surface area contributed by atoms with Crippen LogP contribution >= 0.6 is 0 Å². The minimum Gasteiger partial charge on any atom is -0.497 e. The molecule has 0 saturated heterocycles. The van der Waals surface area contributed by atoms with E-state index in [0.717, 1.165) is 28.3 Å². The van der Waals surface area contributed by atoms with Crippen LogP contribution in [0.2, 0.25) is 0 Å². The van der Waals surface area contributed by atoms with E-state index >= 15 is 0 Å². The zero-order valence-electron chi connectivity index (χ0n) is 21.3. The van der Waals surface area contributed by atoms with Crippen LogP contribution in [0, 0.1) is 13.8 Å². The number of nitrogens with zero attached hydrogens (tertiary/aromatic N) is 4. The summed E-state index contributed by atoms with van der Waals surface area (Å²) in [5, 5.41) is 10.7. The van der Waals surface area contributed by atoms with Crippen LogP contribution in [0.3, 0.4) is 0 Å². The van der Waals surface area contributed by atoms with E-state index in [4.69, 9.17) is 15.2 Å². The van der Waals surface area contributed by atoms with Crippen LogP contribution in [0.4, 0.5) is 22.2 Å². The number of aryl methyl sites for hydroxylation is 2. The average Bonchev–Trinajstić information content (AvgIpc) is 3.13. The smallest absolute Gasteiger partial charge is 0.412 e. The van der Waals surface area contributed by atoms with Gasteiger partial charge in [0.05, 0.1) is 18.5 Å². The Labute approximate surface area is 209 Å². The second kappa shape index (κ2) is 9.73. The molecular formula is C26H31N7O3. The van der Waals surface area contributed by atoms with Crippen molar-refractivity contribution >= 4 is 34.6 Å². The maximum Gasteiger partial charge on any atom is 0.412 e. The van der Waals surface area contributed by atoms with Crippen LogP contribution in [0.25, 0.3) is 16.7 Å². The first kappa shape index (κ1) is 24.8. The van der Waals surface area contributed by atoms with Gasteiger partial charge in [-0.25, -0.2) is 14.5 Å². The highest BCUT2D eigenvalue weighted by Gasteiger charge is 2.19. The third-order valence-corrected chi connectivity index (χ3v) is 5.40. The van der Waals surface area contributed by atoms with E-state index in [1.54, 1.807) is 17.9 Å². The number of anilines is 3. The molecular weight excluding hydrogens is 458 g/mol. The Balaban J connectivity index is 1.58. The third-order valence-electron chi connectivity index (χ3n) is 5.40. The first-order valence-corrected chi connectivity index (χ1v) is 11.5. The van der Waals surface area contributed by atoms with Crippen LogP contribution in [-0.4, -0.2) is 38.6 Å². The van der Waals surface area contributed by atoms with Crippen LogP contribution in [0.5, 0.6) is 5.75 Å². The average molecular weight is 490 g/mol. The minimum absolute atomic E-state index is 0.313. The second-order valence-corrected chi connectivity index (χ2v) is 9.46. The lowest BCUT2D eigenvalue weighted by Crippen LogP contribution is -2.27. The van der Waals surface area contributed by atoms with Crippen molar-refractivity contribution in [3.8, 4) is 11.4 Å². The van der Waals surface area contributed by atoms with Gasteiger partial charge in [0.25, 0.3) is 0 Å². The zero-order valence-corrected chi connectivity index (χ0v) is 21.3. The van der Waals surface area contributed by atoms with E-state index in [-0.39, 0.29) is 0 Å². The number of amides is 1. The number of aromatic nitrogens is 4. The fourth-order valence-electron chi connectivity index (χ4n) is 3.75. The number of nitrogens with two attached hydrogens (primary N) is 1. The summed E-state index contributed by atoms with van der Waals surface area (Å²) < 4.78 is 12.3. The predicted molar refractivity (Wildman–Crippen MR) is 141 cm³/mol. The highest BCUT2D eigenvalue weighted by Crippen LogP contribution is 2.28. The van der Waals surface area contributed by atoms with Crippen molar-refractivity contribution in [2.75, 3.05) is 23.5 Å². The monoisotopic (exact) mass is 489 g/mol.